The second-order valence-corrected chi connectivity index (χ2v) is 4.88. The maximum Gasteiger partial charge on any atom is 0.269 e. The van der Waals surface area contributed by atoms with Crippen molar-refractivity contribution in [2.45, 2.75) is 0 Å². The first-order valence-corrected chi connectivity index (χ1v) is 6.72. The number of amides is 1. The lowest BCUT2D eigenvalue weighted by molar-refractivity contribution is 0.0996. The van der Waals surface area contributed by atoms with Gasteiger partial charge in [0.25, 0.3) is 5.91 Å². The van der Waals surface area contributed by atoms with Gasteiger partial charge in [-0.1, -0.05) is 17.9 Å². The molecule has 2 aromatic rings. The molecule has 0 aliphatic carbocycles. The molecule has 0 spiro atoms. The highest BCUT2D eigenvalue weighted by atomic mass is 32.1. The SMILES string of the molecule is CN(C(=O)c1sccc1C#CCO)c1cccc(F)c1. The van der Waals surface area contributed by atoms with E-state index < -0.39 is 5.82 Å². The van der Waals surface area contributed by atoms with E-state index in [0.29, 0.717) is 16.1 Å². The van der Waals surface area contributed by atoms with E-state index in [0.717, 1.165) is 0 Å². The van der Waals surface area contributed by atoms with E-state index in [9.17, 15) is 9.18 Å². The minimum absolute atomic E-state index is 0.257. The number of carbonyl (C=O) groups is 1. The lowest BCUT2D eigenvalue weighted by Gasteiger charge is -2.16. The number of rotatable bonds is 2. The van der Waals surface area contributed by atoms with Crippen molar-refractivity contribution in [1.82, 2.24) is 0 Å². The maximum atomic E-state index is 13.2. The van der Waals surface area contributed by atoms with Crippen LogP contribution in [-0.2, 0) is 0 Å². The van der Waals surface area contributed by atoms with Gasteiger partial charge in [0.2, 0.25) is 0 Å². The smallest absolute Gasteiger partial charge is 0.269 e. The summed E-state index contributed by atoms with van der Waals surface area (Å²) in [6.07, 6.45) is 0. The lowest BCUT2D eigenvalue weighted by Crippen LogP contribution is -2.26. The summed E-state index contributed by atoms with van der Waals surface area (Å²) >= 11 is 1.27. The summed E-state index contributed by atoms with van der Waals surface area (Å²) in [5.41, 5.74) is 1.04. The maximum absolute atomic E-state index is 13.2. The fourth-order valence-corrected chi connectivity index (χ4v) is 2.49. The van der Waals surface area contributed by atoms with Crippen LogP contribution < -0.4 is 4.90 Å². The van der Waals surface area contributed by atoms with Gasteiger partial charge in [-0.25, -0.2) is 4.39 Å². The molecule has 0 fully saturated rings. The lowest BCUT2D eigenvalue weighted by atomic mass is 10.2. The number of carbonyl (C=O) groups excluding carboxylic acids is 1. The Morgan fingerprint density at radius 3 is 2.95 bits per heavy atom. The van der Waals surface area contributed by atoms with Crippen LogP contribution in [0.1, 0.15) is 15.2 Å². The predicted octanol–water partition coefficient (Wildman–Crippen LogP) is 2.51. The summed E-state index contributed by atoms with van der Waals surface area (Å²) < 4.78 is 13.2. The predicted molar refractivity (Wildman–Crippen MR) is 77.4 cm³/mol. The van der Waals surface area contributed by atoms with E-state index in [2.05, 4.69) is 11.8 Å². The molecule has 1 N–H and O–H groups in total. The van der Waals surface area contributed by atoms with Crippen molar-refractivity contribution in [2.24, 2.45) is 0 Å². The Bertz CT molecular complexity index is 684. The topological polar surface area (TPSA) is 40.5 Å². The summed E-state index contributed by atoms with van der Waals surface area (Å²) in [4.78, 5) is 14.2. The van der Waals surface area contributed by atoms with E-state index in [4.69, 9.17) is 5.11 Å². The molecule has 2 rings (SSSR count). The van der Waals surface area contributed by atoms with Gasteiger partial charge in [0.1, 0.15) is 17.3 Å². The van der Waals surface area contributed by atoms with Crippen LogP contribution in [0.3, 0.4) is 0 Å². The molecular formula is C15H12FNO2S. The standard InChI is InChI=1S/C15H12FNO2S/c1-17(13-6-2-5-12(16)10-13)15(19)14-11(4-3-8-18)7-9-20-14/h2,5-7,9-10,18H,8H2,1H3. The van der Waals surface area contributed by atoms with Crippen molar-refractivity contribution in [3.05, 3.63) is 52.0 Å². The van der Waals surface area contributed by atoms with Crippen LogP contribution in [0.4, 0.5) is 10.1 Å². The van der Waals surface area contributed by atoms with Gasteiger partial charge in [-0.3, -0.25) is 4.79 Å². The third-order valence-corrected chi connectivity index (χ3v) is 3.56. The molecule has 3 nitrogen and oxygen atoms in total. The second-order valence-electron chi connectivity index (χ2n) is 3.97. The number of aliphatic hydroxyl groups excluding tert-OH is 1. The van der Waals surface area contributed by atoms with Crippen LogP contribution in [0, 0.1) is 17.7 Å². The molecule has 0 unspecified atom stereocenters. The molecule has 0 atom stereocenters. The largest absolute Gasteiger partial charge is 0.384 e. The monoisotopic (exact) mass is 289 g/mol. The number of nitrogens with zero attached hydrogens (tertiary/aromatic N) is 1. The summed E-state index contributed by atoms with van der Waals surface area (Å²) in [5.74, 6) is 4.59. The molecule has 0 aliphatic rings. The molecule has 5 heteroatoms. The average Bonchev–Trinajstić information content (AvgIpc) is 2.91. The molecule has 102 valence electrons. The Morgan fingerprint density at radius 1 is 1.45 bits per heavy atom. The van der Waals surface area contributed by atoms with Gasteiger partial charge >= 0.3 is 0 Å². The van der Waals surface area contributed by atoms with Crippen molar-refractivity contribution in [3.63, 3.8) is 0 Å². The average molecular weight is 289 g/mol. The number of halogens is 1. The van der Waals surface area contributed by atoms with Gasteiger partial charge < -0.3 is 10.0 Å². The van der Waals surface area contributed by atoms with Gasteiger partial charge in [-0.2, -0.15) is 0 Å². The highest BCUT2D eigenvalue weighted by Crippen LogP contribution is 2.22. The Hall–Kier alpha value is -2.16. The zero-order valence-electron chi connectivity index (χ0n) is 10.8. The third-order valence-electron chi connectivity index (χ3n) is 2.66. The Kier molecular flexibility index (Phi) is 4.51. The summed E-state index contributed by atoms with van der Waals surface area (Å²) in [5, 5.41) is 10.5. The highest BCUT2D eigenvalue weighted by Gasteiger charge is 2.18. The summed E-state index contributed by atoms with van der Waals surface area (Å²) in [6, 6.07) is 7.55. The molecular weight excluding hydrogens is 277 g/mol. The van der Waals surface area contributed by atoms with Crippen LogP contribution >= 0.6 is 11.3 Å². The zero-order chi connectivity index (χ0) is 14.5. The first-order chi connectivity index (χ1) is 9.63. The molecule has 1 aromatic carbocycles. The van der Waals surface area contributed by atoms with Gasteiger partial charge in [0.05, 0.1) is 0 Å². The number of anilines is 1. The highest BCUT2D eigenvalue weighted by molar-refractivity contribution is 7.12. The fourth-order valence-electron chi connectivity index (χ4n) is 1.66. The van der Waals surface area contributed by atoms with Crippen molar-refractivity contribution in [2.75, 3.05) is 18.6 Å². The van der Waals surface area contributed by atoms with Gasteiger partial charge in [0, 0.05) is 18.3 Å². The van der Waals surface area contributed by atoms with Gasteiger partial charge in [-0.15, -0.1) is 11.3 Å². The zero-order valence-corrected chi connectivity index (χ0v) is 11.6. The Balaban J connectivity index is 2.30. The molecule has 0 aliphatic heterocycles. The van der Waals surface area contributed by atoms with Crippen molar-refractivity contribution in [1.29, 1.82) is 0 Å². The first kappa shape index (κ1) is 14.3. The molecule has 0 saturated carbocycles. The number of aliphatic hydroxyl groups is 1. The van der Waals surface area contributed by atoms with Crippen LogP contribution in [0.25, 0.3) is 0 Å². The molecule has 1 amide bonds. The normalized spacial score (nSPS) is 9.75. The molecule has 20 heavy (non-hydrogen) atoms. The number of thiophene rings is 1. The quantitative estimate of drug-likeness (QED) is 0.863. The number of hydrogen-bond acceptors (Lipinski definition) is 3. The fraction of sp³-hybridized carbons (Fsp3) is 0.133. The molecule has 1 aromatic heterocycles. The van der Waals surface area contributed by atoms with Crippen LogP contribution in [0.5, 0.6) is 0 Å². The minimum atomic E-state index is -0.395. The summed E-state index contributed by atoms with van der Waals surface area (Å²) in [7, 11) is 1.58. The van der Waals surface area contributed by atoms with E-state index in [1.807, 2.05) is 0 Å². The van der Waals surface area contributed by atoms with E-state index in [-0.39, 0.29) is 12.5 Å². The third kappa shape index (κ3) is 3.05. The van der Waals surface area contributed by atoms with Crippen LogP contribution in [-0.4, -0.2) is 24.7 Å². The molecule has 0 radical (unpaired) electrons. The van der Waals surface area contributed by atoms with Gasteiger partial charge in [-0.05, 0) is 29.6 Å². The molecule has 1 heterocycles. The van der Waals surface area contributed by atoms with Crippen LogP contribution in [0.15, 0.2) is 35.7 Å². The number of benzene rings is 1. The van der Waals surface area contributed by atoms with E-state index >= 15 is 0 Å². The van der Waals surface area contributed by atoms with Crippen molar-refractivity contribution >= 4 is 22.9 Å². The Morgan fingerprint density at radius 2 is 2.25 bits per heavy atom. The van der Waals surface area contributed by atoms with Crippen molar-refractivity contribution in [3.8, 4) is 11.8 Å². The number of hydrogen-bond donors (Lipinski definition) is 1. The molecule has 0 saturated heterocycles. The van der Waals surface area contributed by atoms with Crippen molar-refractivity contribution < 1.29 is 14.3 Å². The Labute approximate surface area is 120 Å². The second kappa shape index (κ2) is 6.33. The van der Waals surface area contributed by atoms with Crippen LogP contribution in [0.2, 0.25) is 0 Å². The first-order valence-electron chi connectivity index (χ1n) is 5.84. The van der Waals surface area contributed by atoms with E-state index in [1.165, 1.54) is 28.4 Å². The van der Waals surface area contributed by atoms with Gasteiger partial charge in [0.15, 0.2) is 0 Å². The minimum Gasteiger partial charge on any atom is -0.384 e. The summed E-state index contributed by atoms with van der Waals surface area (Å²) in [6.45, 7) is -0.261. The van der Waals surface area contributed by atoms with E-state index in [1.54, 1.807) is 30.6 Å². The molecule has 0 bridgehead atoms.